The van der Waals surface area contributed by atoms with Gasteiger partial charge in [0.1, 0.15) is 22.3 Å². The van der Waals surface area contributed by atoms with Crippen LogP contribution in [0, 0.1) is 27.7 Å². The smallest absolute Gasteiger partial charge is 0.143 e. The van der Waals surface area contributed by atoms with E-state index in [-0.39, 0.29) is 0 Å². The first-order valence-corrected chi connectivity index (χ1v) is 27.7. The maximum atomic E-state index is 6.86. The Balaban J connectivity index is 0.913. The first kappa shape index (κ1) is 46.0. The SMILES string of the molecule is Cc1ccc(-c2cc3ccccc3c3c2oc2ccccc23)c(C)c1N(c1ccccc1)c1ccc2ccc3c(N(c4ccccc4)c4c(C)ccc(-c5cc6ccccc6c6c5oc5ccccc56)c4C)ccc4ccc1c2c43. The summed E-state index contributed by atoms with van der Waals surface area (Å²) in [6.45, 7) is 9.07. The highest BCUT2D eigenvalue weighted by Crippen LogP contribution is 2.52. The van der Waals surface area contributed by atoms with Crippen LogP contribution in [0.1, 0.15) is 22.3 Å². The lowest BCUT2D eigenvalue weighted by Crippen LogP contribution is -2.14. The summed E-state index contributed by atoms with van der Waals surface area (Å²) in [4.78, 5) is 5.00. The summed E-state index contributed by atoms with van der Waals surface area (Å²) in [5, 5.41) is 16.6. The second-order valence-electron chi connectivity index (χ2n) is 21.6. The highest BCUT2D eigenvalue weighted by Gasteiger charge is 2.28. The summed E-state index contributed by atoms with van der Waals surface area (Å²) >= 11 is 0. The standard InChI is InChI=1S/C76H52N2O2/c1-45-31-37-55(63-43-51-19-11-13-25-57(51)71-61-27-15-17-29-67(61)79-75(63)71)47(3)73(45)77(53-21-7-5-8-22-53)65-41-35-49-34-40-60-66(42-36-50-33-39-59(65)69(49)70(50)60)78(54-23-9-6-10-24-54)74-46(2)32-38-56(48(74)4)64-44-52-20-12-14-26-58(52)72-62-28-16-18-30-68(62)80-76(64)72/h5-44H,1-4H3. The molecule has 0 bridgehead atoms. The Labute approximate surface area is 462 Å². The molecular weight excluding hydrogens is 973 g/mol. The lowest BCUT2D eigenvalue weighted by molar-refractivity contribution is 0.670. The number of para-hydroxylation sites is 4. The minimum atomic E-state index is 0.893. The molecule has 0 N–H and O–H groups in total. The summed E-state index contributed by atoms with van der Waals surface area (Å²) in [7, 11) is 0. The van der Waals surface area contributed by atoms with Crippen molar-refractivity contribution in [3.05, 3.63) is 265 Å². The average Bonchev–Trinajstić information content (AvgIpc) is 4.18. The Morgan fingerprint density at radius 3 is 1.09 bits per heavy atom. The second-order valence-corrected chi connectivity index (χ2v) is 21.6. The monoisotopic (exact) mass is 1020 g/mol. The molecule has 0 saturated heterocycles. The van der Waals surface area contributed by atoms with Crippen molar-refractivity contribution >= 4 is 132 Å². The Morgan fingerprint density at radius 2 is 0.650 bits per heavy atom. The maximum Gasteiger partial charge on any atom is 0.143 e. The van der Waals surface area contributed by atoms with Crippen molar-refractivity contribution in [2.24, 2.45) is 0 Å². The van der Waals surface area contributed by atoms with Gasteiger partial charge in [0.2, 0.25) is 0 Å². The Bertz CT molecular complexity index is 4860. The molecule has 2 aromatic heterocycles. The molecule has 0 radical (unpaired) electrons. The minimum Gasteiger partial charge on any atom is -0.455 e. The van der Waals surface area contributed by atoms with E-state index in [4.69, 9.17) is 8.83 Å². The zero-order chi connectivity index (χ0) is 53.3. The van der Waals surface area contributed by atoms with Gasteiger partial charge in [0.25, 0.3) is 0 Å². The molecule has 0 aliphatic rings. The molecule has 0 atom stereocenters. The Morgan fingerprint density at radius 1 is 0.275 bits per heavy atom. The quantitative estimate of drug-likeness (QED) is 0.142. The molecule has 0 saturated carbocycles. The lowest BCUT2D eigenvalue weighted by atomic mass is 9.89. The average molecular weight is 1030 g/mol. The van der Waals surface area contributed by atoms with Crippen LogP contribution in [0.5, 0.6) is 0 Å². The maximum absolute atomic E-state index is 6.86. The van der Waals surface area contributed by atoms with E-state index in [0.29, 0.717) is 0 Å². The van der Waals surface area contributed by atoms with Crippen LogP contribution >= 0.6 is 0 Å². The molecule has 0 aliphatic carbocycles. The first-order chi connectivity index (χ1) is 39.4. The second kappa shape index (κ2) is 17.7. The summed E-state index contributed by atoms with van der Waals surface area (Å²) in [5.41, 5.74) is 19.5. The summed E-state index contributed by atoms with van der Waals surface area (Å²) in [5.74, 6) is 0. The van der Waals surface area contributed by atoms with Gasteiger partial charge >= 0.3 is 0 Å². The fourth-order valence-corrected chi connectivity index (χ4v) is 13.6. The van der Waals surface area contributed by atoms with Gasteiger partial charge in [0.15, 0.2) is 0 Å². The molecular formula is C76H52N2O2. The topological polar surface area (TPSA) is 32.8 Å². The van der Waals surface area contributed by atoms with Crippen LogP contribution in [-0.2, 0) is 0 Å². The van der Waals surface area contributed by atoms with Crippen LogP contribution in [0.4, 0.5) is 34.1 Å². The lowest BCUT2D eigenvalue weighted by Gasteiger charge is -2.32. The molecule has 16 aromatic rings. The predicted molar refractivity (Wildman–Crippen MR) is 339 cm³/mol. The van der Waals surface area contributed by atoms with E-state index in [1.807, 2.05) is 0 Å². The van der Waals surface area contributed by atoms with E-state index >= 15 is 0 Å². The summed E-state index contributed by atoms with van der Waals surface area (Å²) < 4.78 is 13.7. The van der Waals surface area contributed by atoms with Gasteiger partial charge in [0, 0.05) is 54.8 Å². The highest BCUT2D eigenvalue weighted by molar-refractivity contribution is 6.29. The Hall–Kier alpha value is -10.2. The van der Waals surface area contributed by atoms with Crippen LogP contribution < -0.4 is 9.80 Å². The number of aryl methyl sites for hydroxylation is 2. The van der Waals surface area contributed by atoms with E-state index in [9.17, 15) is 0 Å². The van der Waals surface area contributed by atoms with Crippen molar-refractivity contribution in [3.63, 3.8) is 0 Å². The number of anilines is 6. The zero-order valence-corrected chi connectivity index (χ0v) is 44.8. The normalized spacial score (nSPS) is 12.0. The van der Waals surface area contributed by atoms with Gasteiger partial charge in [-0.1, -0.05) is 182 Å². The fourth-order valence-electron chi connectivity index (χ4n) is 13.6. The number of hydrogen-bond donors (Lipinski definition) is 0. The van der Waals surface area contributed by atoms with E-state index in [1.165, 1.54) is 76.1 Å². The molecule has 4 heteroatoms. The molecule has 378 valence electrons. The van der Waals surface area contributed by atoms with Gasteiger partial charge in [-0.3, -0.25) is 0 Å². The molecule has 0 amide bonds. The highest BCUT2D eigenvalue weighted by atomic mass is 16.3. The van der Waals surface area contributed by atoms with E-state index in [1.54, 1.807) is 0 Å². The predicted octanol–water partition coefficient (Wildman–Crippen LogP) is 22.2. The van der Waals surface area contributed by atoms with Gasteiger partial charge < -0.3 is 18.6 Å². The molecule has 0 spiro atoms. The number of nitrogens with zero attached hydrogens (tertiary/aromatic N) is 2. The zero-order valence-electron chi connectivity index (χ0n) is 44.8. The van der Waals surface area contributed by atoms with Crippen LogP contribution in [0.2, 0.25) is 0 Å². The fraction of sp³-hybridized carbons (Fsp3) is 0.0526. The third-order valence-electron chi connectivity index (χ3n) is 17.2. The van der Waals surface area contributed by atoms with Crippen LogP contribution in [0.15, 0.2) is 251 Å². The van der Waals surface area contributed by atoms with Gasteiger partial charge in [-0.2, -0.15) is 0 Å². The van der Waals surface area contributed by atoms with E-state index in [2.05, 4.69) is 280 Å². The first-order valence-electron chi connectivity index (χ1n) is 27.7. The van der Waals surface area contributed by atoms with Gasteiger partial charge in [-0.15, -0.1) is 0 Å². The molecule has 14 aromatic carbocycles. The number of furan rings is 2. The number of fused-ring (bicyclic) bond motifs is 10. The molecule has 0 unspecified atom stereocenters. The molecule has 80 heavy (non-hydrogen) atoms. The largest absolute Gasteiger partial charge is 0.455 e. The number of benzene rings is 14. The molecule has 16 rings (SSSR count). The number of rotatable bonds is 8. The van der Waals surface area contributed by atoms with Crippen molar-refractivity contribution < 1.29 is 8.83 Å². The Kier molecular flexibility index (Phi) is 10.2. The van der Waals surface area contributed by atoms with Crippen molar-refractivity contribution in [1.82, 2.24) is 0 Å². The van der Waals surface area contributed by atoms with Crippen molar-refractivity contribution in [2.45, 2.75) is 27.7 Å². The van der Waals surface area contributed by atoms with Crippen molar-refractivity contribution in [2.75, 3.05) is 9.80 Å². The van der Waals surface area contributed by atoms with E-state index < -0.39 is 0 Å². The van der Waals surface area contributed by atoms with Gasteiger partial charge in [-0.05, 0) is 165 Å². The third-order valence-corrected chi connectivity index (χ3v) is 17.2. The van der Waals surface area contributed by atoms with Crippen molar-refractivity contribution in [1.29, 1.82) is 0 Å². The summed E-state index contributed by atoms with van der Waals surface area (Å²) in [6.07, 6.45) is 0. The van der Waals surface area contributed by atoms with E-state index in [0.717, 1.165) is 100 Å². The van der Waals surface area contributed by atoms with Crippen molar-refractivity contribution in [3.8, 4) is 22.3 Å². The van der Waals surface area contributed by atoms with Crippen LogP contribution in [-0.4, -0.2) is 0 Å². The molecule has 0 fully saturated rings. The van der Waals surface area contributed by atoms with Crippen LogP contribution in [0.3, 0.4) is 0 Å². The number of hydrogen-bond acceptors (Lipinski definition) is 4. The third kappa shape index (κ3) is 6.75. The molecule has 4 nitrogen and oxygen atoms in total. The molecule has 2 heterocycles. The van der Waals surface area contributed by atoms with Crippen LogP contribution in [0.25, 0.3) is 120 Å². The molecule has 0 aliphatic heterocycles. The van der Waals surface area contributed by atoms with Gasteiger partial charge in [-0.25, -0.2) is 0 Å². The minimum absolute atomic E-state index is 0.893. The van der Waals surface area contributed by atoms with Gasteiger partial charge in [0.05, 0.1) is 22.7 Å². The summed E-state index contributed by atoms with van der Waals surface area (Å²) in [6, 6.07) is 88.5.